The van der Waals surface area contributed by atoms with Gasteiger partial charge in [0.15, 0.2) is 0 Å². The first-order valence-electron chi connectivity index (χ1n) is 6.07. The Morgan fingerprint density at radius 2 is 2.12 bits per heavy atom. The molecular weight excluding hydrogens is 214 g/mol. The molecule has 0 aliphatic heterocycles. The number of hydrogen-bond donors (Lipinski definition) is 1. The van der Waals surface area contributed by atoms with Gasteiger partial charge in [-0.25, -0.2) is 0 Å². The predicted octanol–water partition coefficient (Wildman–Crippen LogP) is 3.33. The topological polar surface area (TPSA) is 34.4 Å². The fourth-order valence-corrected chi connectivity index (χ4v) is 1.72. The van der Waals surface area contributed by atoms with E-state index in [1.54, 1.807) is 0 Å². The first-order chi connectivity index (χ1) is 8.19. The lowest BCUT2D eigenvalue weighted by molar-refractivity contribution is 0.340. The summed E-state index contributed by atoms with van der Waals surface area (Å²) in [5, 5.41) is 4.43. The van der Waals surface area contributed by atoms with Crippen LogP contribution in [0.15, 0.2) is 28.7 Å². The highest BCUT2D eigenvalue weighted by atomic mass is 16.5. The lowest BCUT2D eigenvalue weighted by Gasteiger charge is -2.04. The third-order valence-electron chi connectivity index (χ3n) is 2.53. The number of fused-ring (bicyclic) bond motifs is 1. The average molecular weight is 233 g/mol. The number of nitrogens with one attached hydrogen (secondary N) is 1. The van der Waals surface area contributed by atoms with E-state index in [1.165, 1.54) is 0 Å². The van der Waals surface area contributed by atoms with E-state index in [4.69, 9.17) is 9.15 Å². The minimum absolute atomic E-state index is 0.460. The second-order valence-electron chi connectivity index (χ2n) is 4.38. The molecule has 0 saturated carbocycles. The van der Waals surface area contributed by atoms with Crippen molar-refractivity contribution in [3.05, 3.63) is 30.0 Å². The second kappa shape index (κ2) is 5.23. The second-order valence-corrected chi connectivity index (χ2v) is 4.38. The number of furan rings is 1. The molecule has 0 radical (unpaired) electrons. The molecule has 3 nitrogen and oxygen atoms in total. The summed E-state index contributed by atoms with van der Waals surface area (Å²) in [4.78, 5) is 0. The van der Waals surface area contributed by atoms with Crippen LogP contribution >= 0.6 is 0 Å². The maximum Gasteiger partial charge on any atom is 0.134 e. The van der Waals surface area contributed by atoms with Crippen molar-refractivity contribution in [1.82, 2.24) is 5.32 Å². The van der Waals surface area contributed by atoms with Gasteiger partial charge in [0, 0.05) is 11.4 Å². The van der Waals surface area contributed by atoms with Gasteiger partial charge in [0.05, 0.1) is 13.2 Å². The Balaban J connectivity index is 2.18. The van der Waals surface area contributed by atoms with E-state index in [0.29, 0.717) is 12.6 Å². The first-order valence-corrected chi connectivity index (χ1v) is 6.07. The summed E-state index contributed by atoms with van der Waals surface area (Å²) in [7, 11) is 0. The van der Waals surface area contributed by atoms with Gasteiger partial charge in [-0.3, -0.25) is 0 Å². The summed E-state index contributed by atoms with van der Waals surface area (Å²) >= 11 is 0. The van der Waals surface area contributed by atoms with Crippen LogP contribution in [0, 0.1) is 0 Å². The highest BCUT2D eigenvalue weighted by Gasteiger charge is 2.05. The maximum atomic E-state index is 5.73. The minimum Gasteiger partial charge on any atom is -0.494 e. The Morgan fingerprint density at radius 1 is 1.29 bits per heavy atom. The molecule has 2 aromatic rings. The zero-order valence-corrected chi connectivity index (χ0v) is 10.6. The molecule has 92 valence electrons. The Hall–Kier alpha value is -1.48. The van der Waals surface area contributed by atoms with Crippen molar-refractivity contribution in [1.29, 1.82) is 0 Å². The summed E-state index contributed by atoms with van der Waals surface area (Å²) in [5.41, 5.74) is 0.911. The highest BCUT2D eigenvalue weighted by Crippen LogP contribution is 2.24. The van der Waals surface area contributed by atoms with E-state index in [2.05, 4.69) is 25.2 Å². The van der Waals surface area contributed by atoms with Crippen molar-refractivity contribution in [2.75, 3.05) is 6.61 Å². The van der Waals surface area contributed by atoms with Gasteiger partial charge in [0.2, 0.25) is 0 Å². The lowest BCUT2D eigenvalue weighted by Crippen LogP contribution is -2.21. The molecule has 0 atom stereocenters. The Labute approximate surface area is 102 Å². The summed E-state index contributed by atoms with van der Waals surface area (Å²) in [5.74, 6) is 1.85. The lowest BCUT2D eigenvalue weighted by atomic mass is 10.2. The zero-order chi connectivity index (χ0) is 12.3. The van der Waals surface area contributed by atoms with Crippen LogP contribution in [0.5, 0.6) is 5.75 Å². The largest absolute Gasteiger partial charge is 0.494 e. The fraction of sp³-hybridized carbons (Fsp3) is 0.429. The van der Waals surface area contributed by atoms with Crippen LogP contribution in [0.4, 0.5) is 0 Å². The summed E-state index contributed by atoms with van der Waals surface area (Å²) < 4.78 is 11.2. The standard InChI is InChI=1S/C14H19NO2/c1-4-16-12-5-6-14-11(7-12)8-13(17-14)9-15-10(2)3/h5-8,10,15H,4,9H2,1-3H3. The van der Waals surface area contributed by atoms with Crippen molar-refractivity contribution in [2.45, 2.75) is 33.4 Å². The molecule has 0 aliphatic rings. The third-order valence-corrected chi connectivity index (χ3v) is 2.53. The van der Waals surface area contributed by atoms with Gasteiger partial charge in [-0.05, 0) is 31.2 Å². The molecule has 0 saturated heterocycles. The molecule has 0 bridgehead atoms. The predicted molar refractivity (Wildman–Crippen MR) is 69.4 cm³/mol. The average Bonchev–Trinajstić information content (AvgIpc) is 2.69. The molecule has 0 amide bonds. The van der Waals surface area contributed by atoms with Crippen molar-refractivity contribution < 1.29 is 9.15 Å². The molecule has 1 N–H and O–H groups in total. The van der Waals surface area contributed by atoms with Crippen molar-refractivity contribution in [3.63, 3.8) is 0 Å². The molecule has 1 aromatic carbocycles. The van der Waals surface area contributed by atoms with E-state index < -0.39 is 0 Å². The van der Waals surface area contributed by atoms with Gasteiger partial charge in [0.1, 0.15) is 17.1 Å². The smallest absolute Gasteiger partial charge is 0.134 e. The van der Waals surface area contributed by atoms with E-state index in [1.807, 2.05) is 25.1 Å². The highest BCUT2D eigenvalue weighted by molar-refractivity contribution is 5.79. The summed E-state index contributed by atoms with van der Waals surface area (Å²) in [6.45, 7) is 7.67. The molecule has 2 rings (SSSR count). The quantitative estimate of drug-likeness (QED) is 0.860. The monoisotopic (exact) mass is 233 g/mol. The molecule has 0 spiro atoms. The third kappa shape index (κ3) is 3.01. The number of ether oxygens (including phenoxy) is 1. The van der Waals surface area contributed by atoms with Crippen LogP contribution in [0.1, 0.15) is 26.5 Å². The van der Waals surface area contributed by atoms with Crippen LogP contribution in [-0.2, 0) is 6.54 Å². The molecule has 1 heterocycles. The summed E-state index contributed by atoms with van der Waals surface area (Å²) in [6.07, 6.45) is 0. The number of hydrogen-bond acceptors (Lipinski definition) is 3. The maximum absolute atomic E-state index is 5.73. The van der Waals surface area contributed by atoms with Gasteiger partial charge in [-0.2, -0.15) is 0 Å². The molecule has 3 heteroatoms. The molecule has 0 fully saturated rings. The molecular formula is C14H19NO2. The Bertz CT molecular complexity index is 488. The van der Waals surface area contributed by atoms with E-state index in [-0.39, 0.29) is 0 Å². The van der Waals surface area contributed by atoms with Crippen LogP contribution in [0.3, 0.4) is 0 Å². The van der Waals surface area contributed by atoms with Crippen molar-refractivity contribution in [3.8, 4) is 5.75 Å². The van der Waals surface area contributed by atoms with Gasteiger partial charge in [-0.1, -0.05) is 13.8 Å². The molecule has 1 aromatic heterocycles. The summed E-state index contributed by atoms with van der Waals surface area (Å²) in [6, 6.07) is 8.44. The van der Waals surface area contributed by atoms with Crippen LogP contribution in [0.2, 0.25) is 0 Å². The minimum atomic E-state index is 0.460. The van der Waals surface area contributed by atoms with E-state index >= 15 is 0 Å². The normalized spacial score (nSPS) is 11.3. The Morgan fingerprint density at radius 3 is 2.82 bits per heavy atom. The first kappa shape index (κ1) is 12.0. The van der Waals surface area contributed by atoms with Crippen LogP contribution in [0.25, 0.3) is 11.0 Å². The van der Waals surface area contributed by atoms with Gasteiger partial charge in [-0.15, -0.1) is 0 Å². The van der Waals surface area contributed by atoms with Crippen LogP contribution < -0.4 is 10.1 Å². The van der Waals surface area contributed by atoms with Crippen LogP contribution in [-0.4, -0.2) is 12.6 Å². The zero-order valence-electron chi connectivity index (χ0n) is 10.6. The molecule has 0 unspecified atom stereocenters. The number of rotatable bonds is 5. The molecule has 17 heavy (non-hydrogen) atoms. The SMILES string of the molecule is CCOc1ccc2oc(CNC(C)C)cc2c1. The van der Waals surface area contributed by atoms with Crippen molar-refractivity contribution in [2.24, 2.45) is 0 Å². The fourth-order valence-electron chi connectivity index (χ4n) is 1.72. The Kier molecular flexibility index (Phi) is 3.69. The van der Waals surface area contributed by atoms with E-state index in [0.717, 1.165) is 29.0 Å². The van der Waals surface area contributed by atoms with Gasteiger partial charge < -0.3 is 14.5 Å². The van der Waals surface area contributed by atoms with Gasteiger partial charge >= 0.3 is 0 Å². The number of benzene rings is 1. The molecule has 0 aliphatic carbocycles. The van der Waals surface area contributed by atoms with Gasteiger partial charge in [0.25, 0.3) is 0 Å². The van der Waals surface area contributed by atoms with Crippen molar-refractivity contribution >= 4 is 11.0 Å². The van der Waals surface area contributed by atoms with E-state index in [9.17, 15) is 0 Å².